The van der Waals surface area contributed by atoms with Crippen LogP contribution in [0.25, 0.3) is 0 Å². The van der Waals surface area contributed by atoms with Gasteiger partial charge in [0.25, 0.3) is 0 Å². The summed E-state index contributed by atoms with van der Waals surface area (Å²) in [6.07, 6.45) is 17.6. The van der Waals surface area contributed by atoms with E-state index in [2.05, 4.69) is 11.4 Å². The average Bonchev–Trinajstić information content (AvgIpc) is 3.16. The first-order chi connectivity index (χ1) is 14.1. The molecule has 1 fully saturated rings. The molecule has 1 unspecified atom stereocenters. The van der Waals surface area contributed by atoms with E-state index in [9.17, 15) is 9.46 Å². The van der Waals surface area contributed by atoms with E-state index in [1.165, 1.54) is 77.0 Å². The molecule has 1 heterocycles. The molecule has 0 amide bonds. The van der Waals surface area contributed by atoms with Crippen LogP contribution in [0.2, 0.25) is 0 Å². The highest BCUT2D eigenvalue weighted by Gasteiger charge is 2.29. The molecule has 0 aromatic carbocycles. The summed E-state index contributed by atoms with van der Waals surface area (Å²) < 4.78 is 32.5. The van der Waals surface area contributed by atoms with Crippen LogP contribution < -0.4 is 5.73 Å². The highest BCUT2D eigenvalue weighted by atomic mass is 31.2. The van der Waals surface area contributed by atoms with Crippen LogP contribution >= 0.6 is 7.82 Å². The molecule has 1 rings (SSSR count). The fraction of sp³-hybridized carbons (Fsp3) is 1.00. The monoisotopic (exact) mass is 437 g/mol. The van der Waals surface area contributed by atoms with Crippen molar-refractivity contribution in [1.29, 1.82) is 0 Å². The summed E-state index contributed by atoms with van der Waals surface area (Å²) in [6.45, 7) is 2.77. The number of hydrogen-bond donors (Lipinski definition) is 2. The van der Waals surface area contributed by atoms with Gasteiger partial charge in [0.05, 0.1) is 19.8 Å². The van der Waals surface area contributed by atoms with Gasteiger partial charge < -0.3 is 20.1 Å². The van der Waals surface area contributed by atoms with Crippen molar-refractivity contribution in [3.05, 3.63) is 0 Å². The van der Waals surface area contributed by atoms with Crippen LogP contribution in [0.3, 0.4) is 0 Å². The van der Waals surface area contributed by atoms with Gasteiger partial charge in [-0.05, 0) is 12.8 Å². The average molecular weight is 438 g/mol. The largest absolute Gasteiger partial charge is 0.472 e. The summed E-state index contributed by atoms with van der Waals surface area (Å²) in [6, 6.07) is 0. The highest BCUT2D eigenvalue weighted by Crippen LogP contribution is 2.43. The SMILES string of the molecule is CCCCCCCCCCCCCCC[C@@H]1OC[C@H](COP(=O)(O)OCCN)O1. The Labute approximate surface area is 177 Å². The molecule has 3 atom stereocenters. The van der Waals surface area contributed by atoms with E-state index in [-0.39, 0.29) is 32.2 Å². The Morgan fingerprint density at radius 3 is 2.03 bits per heavy atom. The van der Waals surface area contributed by atoms with E-state index in [0.29, 0.717) is 6.61 Å². The molecule has 0 radical (unpaired) electrons. The first-order valence-corrected chi connectivity index (χ1v) is 13.2. The zero-order valence-corrected chi connectivity index (χ0v) is 19.3. The Kier molecular flexibility index (Phi) is 16.4. The highest BCUT2D eigenvalue weighted by molar-refractivity contribution is 7.47. The van der Waals surface area contributed by atoms with Crippen LogP contribution in [0.1, 0.15) is 96.8 Å². The van der Waals surface area contributed by atoms with Crippen molar-refractivity contribution >= 4 is 7.82 Å². The molecule has 29 heavy (non-hydrogen) atoms. The topological polar surface area (TPSA) is 100 Å². The van der Waals surface area contributed by atoms with E-state index < -0.39 is 7.82 Å². The second kappa shape index (κ2) is 17.6. The van der Waals surface area contributed by atoms with Gasteiger partial charge in [-0.15, -0.1) is 0 Å². The van der Waals surface area contributed by atoms with Crippen LogP contribution in [0, 0.1) is 0 Å². The maximum absolute atomic E-state index is 11.6. The third-order valence-electron chi connectivity index (χ3n) is 5.15. The number of ether oxygens (including phenoxy) is 2. The summed E-state index contributed by atoms with van der Waals surface area (Å²) in [4.78, 5) is 9.47. The first kappa shape index (κ1) is 27.0. The minimum atomic E-state index is -4.05. The predicted octanol–water partition coefficient (Wildman–Crippen LogP) is 5.30. The Balaban J connectivity index is 1.88. The van der Waals surface area contributed by atoms with Crippen LogP contribution in [0.4, 0.5) is 0 Å². The zero-order valence-electron chi connectivity index (χ0n) is 18.4. The third kappa shape index (κ3) is 15.4. The lowest BCUT2D eigenvalue weighted by Crippen LogP contribution is -2.19. The number of phosphoric ester groups is 1. The van der Waals surface area contributed by atoms with Crippen LogP contribution in [0.5, 0.6) is 0 Å². The van der Waals surface area contributed by atoms with Crippen molar-refractivity contribution in [3.8, 4) is 0 Å². The molecule has 1 saturated heterocycles. The summed E-state index contributed by atoms with van der Waals surface area (Å²) in [5.74, 6) is 0. The molecule has 0 aliphatic carbocycles. The standard InChI is InChI=1S/C21H44NO6P/c1-2-3-4-5-6-7-8-9-10-11-12-13-14-15-21-25-18-20(28-21)19-27-29(23,24)26-17-16-22/h20-21H,2-19,22H2,1H3,(H,23,24)/t20-,21-/m1/s1. The molecular formula is C21H44NO6P. The number of phosphoric acid groups is 1. The number of rotatable bonds is 20. The molecule has 0 bridgehead atoms. The number of hydrogen-bond acceptors (Lipinski definition) is 6. The van der Waals surface area contributed by atoms with Crippen LogP contribution in [0.15, 0.2) is 0 Å². The molecule has 3 N–H and O–H groups in total. The minimum absolute atomic E-state index is 0.0164. The van der Waals surface area contributed by atoms with Gasteiger partial charge in [0.15, 0.2) is 6.29 Å². The molecule has 0 spiro atoms. The lowest BCUT2D eigenvalue weighted by atomic mass is 10.0. The Hall–Kier alpha value is -0.0100. The number of nitrogens with two attached hydrogens (primary N) is 1. The van der Waals surface area contributed by atoms with Crippen molar-refractivity contribution in [2.75, 3.05) is 26.4 Å². The van der Waals surface area contributed by atoms with Crippen molar-refractivity contribution in [2.24, 2.45) is 5.73 Å². The fourth-order valence-corrected chi connectivity index (χ4v) is 4.22. The Bertz CT molecular complexity index is 426. The quantitative estimate of drug-likeness (QED) is 0.197. The smallest absolute Gasteiger partial charge is 0.350 e. The second-order valence-corrected chi connectivity index (χ2v) is 9.39. The van der Waals surface area contributed by atoms with Gasteiger partial charge in [0, 0.05) is 6.54 Å². The normalized spacial score (nSPS) is 21.5. The van der Waals surface area contributed by atoms with Gasteiger partial charge in [0.2, 0.25) is 0 Å². The van der Waals surface area contributed by atoms with E-state index in [1.807, 2.05) is 0 Å². The molecule has 1 aliphatic rings. The predicted molar refractivity (Wildman–Crippen MR) is 116 cm³/mol. The van der Waals surface area contributed by atoms with E-state index in [1.54, 1.807) is 0 Å². The summed E-state index contributed by atoms with van der Waals surface area (Å²) in [5, 5.41) is 0. The van der Waals surface area contributed by atoms with Crippen molar-refractivity contribution in [1.82, 2.24) is 0 Å². The lowest BCUT2D eigenvalue weighted by Gasteiger charge is -2.14. The molecule has 7 nitrogen and oxygen atoms in total. The molecule has 8 heteroatoms. The second-order valence-electron chi connectivity index (χ2n) is 7.94. The van der Waals surface area contributed by atoms with Gasteiger partial charge >= 0.3 is 7.82 Å². The van der Waals surface area contributed by atoms with Crippen molar-refractivity contribution in [3.63, 3.8) is 0 Å². The van der Waals surface area contributed by atoms with Gasteiger partial charge in [-0.3, -0.25) is 9.05 Å². The molecule has 0 aromatic heterocycles. The number of unbranched alkanes of at least 4 members (excludes halogenated alkanes) is 12. The summed E-state index contributed by atoms with van der Waals surface area (Å²) >= 11 is 0. The third-order valence-corrected chi connectivity index (χ3v) is 6.14. The van der Waals surface area contributed by atoms with Gasteiger partial charge in [0.1, 0.15) is 6.10 Å². The lowest BCUT2D eigenvalue weighted by molar-refractivity contribution is -0.0701. The maximum atomic E-state index is 11.6. The van der Waals surface area contributed by atoms with Crippen molar-refractivity contribution in [2.45, 2.75) is 109 Å². The maximum Gasteiger partial charge on any atom is 0.472 e. The molecule has 0 aromatic rings. The molecule has 0 saturated carbocycles. The fourth-order valence-electron chi connectivity index (χ4n) is 3.46. The molecular weight excluding hydrogens is 393 g/mol. The Morgan fingerprint density at radius 2 is 1.48 bits per heavy atom. The van der Waals surface area contributed by atoms with Gasteiger partial charge in [-0.2, -0.15) is 0 Å². The van der Waals surface area contributed by atoms with Gasteiger partial charge in [-0.1, -0.05) is 84.0 Å². The zero-order chi connectivity index (χ0) is 21.2. The van der Waals surface area contributed by atoms with Gasteiger partial charge in [-0.25, -0.2) is 4.57 Å². The van der Waals surface area contributed by atoms with E-state index in [4.69, 9.17) is 19.7 Å². The minimum Gasteiger partial charge on any atom is -0.350 e. The molecule has 1 aliphatic heterocycles. The first-order valence-electron chi connectivity index (χ1n) is 11.7. The van der Waals surface area contributed by atoms with Crippen LogP contribution in [-0.4, -0.2) is 43.7 Å². The summed E-state index contributed by atoms with van der Waals surface area (Å²) in [5.41, 5.74) is 5.24. The Morgan fingerprint density at radius 1 is 0.931 bits per heavy atom. The van der Waals surface area contributed by atoms with Crippen LogP contribution in [-0.2, 0) is 23.1 Å². The molecule has 174 valence electrons. The van der Waals surface area contributed by atoms with Crippen molar-refractivity contribution < 1.29 is 28.0 Å². The van der Waals surface area contributed by atoms with E-state index in [0.717, 1.165) is 12.8 Å². The summed E-state index contributed by atoms with van der Waals surface area (Å²) in [7, 11) is -4.05. The van der Waals surface area contributed by atoms with E-state index >= 15 is 0 Å².